The van der Waals surface area contributed by atoms with Crippen molar-refractivity contribution in [3.8, 4) is 0 Å². The van der Waals surface area contributed by atoms with E-state index in [4.69, 9.17) is 4.74 Å². The van der Waals surface area contributed by atoms with Crippen molar-refractivity contribution in [2.75, 3.05) is 37.7 Å². The number of ether oxygens (including phenoxy) is 1. The number of hydrogen-bond acceptors (Lipinski definition) is 6. The molecule has 0 saturated carbocycles. The normalized spacial score (nSPS) is 25.2. The Kier molecular flexibility index (Phi) is 6.62. The molecule has 0 amide bonds. The fourth-order valence-electron chi connectivity index (χ4n) is 2.68. The van der Waals surface area contributed by atoms with Crippen LogP contribution in [0.2, 0.25) is 0 Å². The number of rotatable bonds is 7. The molecule has 21 heavy (non-hydrogen) atoms. The lowest BCUT2D eigenvalue weighted by Gasteiger charge is -2.36. The molecule has 7 heteroatoms. The molecule has 0 radical (unpaired) electrons. The van der Waals surface area contributed by atoms with E-state index in [1.807, 2.05) is 20.8 Å². The Morgan fingerprint density at radius 3 is 2.62 bits per heavy atom. The van der Waals surface area contributed by atoms with E-state index < -0.39 is 15.4 Å². The average molecular weight is 320 g/mol. The number of likely N-dealkylation sites (N-methyl/N-ethyl adjacent to an activating group) is 1. The fourth-order valence-corrected chi connectivity index (χ4v) is 4.30. The summed E-state index contributed by atoms with van der Waals surface area (Å²) in [6.45, 7) is 9.77. The quantitative estimate of drug-likeness (QED) is 0.686. The van der Waals surface area contributed by atoms with E-state index in [-0.39, 0.29) is 23.5 Å². The highest BCUT2D eigenvalue weighted by atomic mass is 32.2. The van der Waals surface area contributed by atoms with Gasteiger partial charge in [-0.2, -0.15) is 0 Å². The molecule has 2 atom stereocenters. The number of carbonyl (C=O) groups excluding carboxylic acids is 1. The third-order valence-corrected chi connectivity index (χ3v) is 5.79. The van der Waals surface area contributed by atoms with Crippen LogP contribution in [0.25, 0.3) is 0 Å². The van der Waals surface area contributed by atoms with Gasteiger partial charge in [0.1, 0.15) is 5.54 Å². The Balaban J connectivity index is 2.63. The van der Waals surface area contributed by atoms with Gasteiger partial charge in [0.15, 0.2) is 9.84 Å². The van der Waals surface area contributed by atoms with Crippen molar-refractivity contribution >= 4 is 15.8 Å². The summed E-state index contributed by atoms with van der Waals surface area (Å²) in [6, 6.07) is -0.00294. The zero-order valence-corrected chi connectivity index (χ0v) is 14.3. The molecule has 2 unspecified atom stereocenters. The number of carbonyl (C=O) groups is 1. The predicted octanol–water partition coefficient (Wildman–Crippen LogP) is 0.427. The van der Waals surface area contributed by atoms with Crippen LogP contribution in [0.1, 0.15) is 34.1 Å². The number of nitrogens with zero attached hydrogens (tertiary/aromatic N) is 1. The van der Waals surface area contributed by atoms with Crippen molar-refractivity contribution in [2.45, 2.75) is 45.7 Å². The summed E-state index contributed by atoms with van der Waals surface area (Å²) in [5.41, 5.74) is -0.721. The first-order valence-electron chi connectivity index (χ1n) is 7.61. The van der Waals surface area contributed by atoms with E-state index in [0.717, 1.165) is 0 Å². The summed E-state index contributed by atoms with van der Waals surface area (Å²) in [6.07, 6.45) is 0.601. The van der Waals surface area contributed by atoms with Gasteiger partial charge < -0.3 is 10.1 Å². The van der Waals surface area contributed by atoms with Gasteiger partial charge in [0, 0.05) is 19.1 Å². The van der Waals surface area contributed by atoms with Crippen molar-refractivity contribution in [1.82, 2.24) is 10.2 Å². The number of hydrogen-bond donors (Lipinski definition) is 1. The molecule has 124 valence electrons. The largest absolute Gasteiger partial charge is 0.465 e. The van der Waals surface area contributed by atoms with Crippen LogP contribution in [0.15, 0.2) is 0 Å². The zero-order chi connectivity index (χ0) is 16.1. The molecule has 1 saturated heterocycles. The molecule has 0 aliphatic carbocycles. The minimum atomic E-state index is -2.90. The van der Waals surface area contributed by atoms with Crippen LogP contribution in [0.5, 0.6) is 0 Å². The van der Waals surface area contributed by atoms with Crippen molar-refractivity contribution in [3.63, 3.8) is 0 Å². The second kappa shape index (κ2) is 7.56. The van der Waals surface area contributed by atoms with E-state index in [0.29, 0.717) is 32.7 Å². The second-order valence-corrected chi connectivity index (χ2v) is 8.06. The Morgan fingerprint density at radius 2 is 2.10 bits per heavy atom. The Morgan fingerprint density at radius 1 is 1.43 bits per heavy atom. The molecule has 1 heterocycles. The van der Waals surface area contributed by atoms with Gasteiger partial charge >= 0.3 is 5.97 Å². The summed E-state index contributed by atoms with van der Waals surface area (Å²) >= 11 is 0. The number of nitrogens with one attached hydrogen (secondary N) is 1. The monoisotopic (exact) mass is 320 g/mol. The molecule has 0 aromatic rings. The van der Waals surface area contributed by atoms with Crippen LogP contribution < -0.4 is 5.32 Å². The topological polar surface area (TPSA) is 75.7 Å². The molecular formula is C14H28N2O4S. The van der Waals surface area contributed by atoms with Gasteiger partial charge in [-0.3, -0.25) is 9.69 Å². The van der Waals surface area contributed by atoms with Crippen LogP contribution in [0.3, 0.4) is 0 Å². The molecule has 6 nitrogen and oxygen atoms in total. The maximum absolute atomic E-state index is 12.1. The lowest BCUT2D eigenvalue weighted by Crippen LogP contribution is -2.54. The predicted molar refractivity (Wildman–Crippen MR) is 83.0 cm³/mol. The average Bonchev–Trinajstić information content (AvgIpc) is 2.37. The maximum atomic E-state index is 12.1. The number of sulfone groups is 1. The van der Waals surface area contributed by atoms with Crippen LogP contribution in [-0.2, 0) is 19.4 Å². The van der Waals surface area contributed by atoms with E-state index in [1.165, 1.54) is 0 Å². The minimum Gasteiger partial charge on any atom is -0.465 e. The summed E-state index contributed by atoms with van der Waals surface area (Å²) in [7, 11) is -2.90. The van der Waals surface area contributed by atoms with Crippen LogP contribution >= 0.6 is 0 Å². The van der Waals surface area contributed by atoms with E-state index in [1.54, 1.807) is 6.92 Å². The second-order valence-electron chi connectivity index (χ2n) is 5.83. The zero-order valence-electron chi connectivity index (χ0n) is 13.5. The van der Waals surface area contributed by atoms with Crippen molar-refractivity contribution in [3.05, 3.63) is 0 Å². The van der Waals surface area contributed by atoms with Gasteiger partial charge in [0.25, 0.3) is 0 Å². The number of esters is 1. The molecule has 1 rings (SSSR count). The maximum Gasteiger partial charge on any atom is 0.326 e. The van der Waals surface area contributed by atoms with Crippen LogP contribution in [0.4, 0.5) is 0 Å². The molecule has 0 spiro atoms. The smallest absolute Gasteiger partial charge is 0.326 e. The third-order valence-electron chi connectivity index (χ3n) is 4.00. The molecule has 1 fully saturated rings. The Labute approximate surface area is 128 Å². The highest BCUT2D eigenvalue weighted by Gasteiger charge is 2.36. The molecule has 0 bridgehead atoms. The summed E-state index contributed by atoms with van der Waals surface area (Å²) in [4.78, 5) is 14.2. The lowest BCUT2D eigenvalue weighted by atomic mass is 9.97. The van der Waals surface area contributed by atoms with E-state index >= 15 is 0 Å². The highest BCUT2D eigenvalue weighted by Crippen LogP contribution is 2.17. The molecule has 1 aliphatic rings. The molecule has 0 aromatic carbocycles. The van der Waals surface area contributed by atoms with Crippen molar-refractivity contribution < 1.29 is 17.9 Å². The lowest BCUT2D eigenvalue weighted by molar-refractivity contribution is -0.151. The summed E-state index contributed by atoms with van der Waals surface area (Å²) in [5, 5.41) is 3.19. The van der Waals surface area contributed by atoms with Crippen LogP contribution in [0, 0.1) is 0 Å². The minimum absolute atomic E-state index is 0.00294. The highest BCUT2D eigenvalue weighted by molar-refractivity contribution is 7.91. The van der Waals surface area contributed by atoms with Gasteiger partial charge in [0.2, 0.25) is 0 Å². The first kappa shape index (κ1) is 18.4. The molecule has 0 aromatic heterocycles. The summed E-state index contributed by atoms with van der Waals surface area (Å²) in [5.74, 6) is 0.156. The van der Waals surface area contributed by atoms with Gasteiger partial charge in [-0.1, -0.05) is 6.92 Å². The van der Waals surface area contributed by atoms with Gasteiger partial charge in [0.05, 0.1) is 18.1 Å². The standard InChI is InChI=1S/C14H28N2O4S/c1-5-15-14(4,13(17)20-6-2)7-8-16-9-10-21(18,19)11-12(16)3/h12,15H,5-11H2,1-4H3. The first-order chi connectivity index (χ1) is 9.74. The Hall–Kier alpha value is -0.660. The molecular weight excluding hydrogens is 292 g/mol. The fraction of sp³-hybridized carbons (Fsp3) is 0.929. The van der Waals surface area contributed by atoms with E-state index in [9.17, 15) is 13.2 Å². The van der Waals surface area contributed by atoms with Crippen molar-refractivity contribution in [1.29, 1.82) is 0 Å². The summed E-state index contributed by atoms with van der Waals surface area (Å²) < 4.78 is 28.3. The Bertz CT molecular complexity index is 452. The van der Waals surface area contributed by atoms with Gasteiger partial charge in [-0.25, -0.2) is 8.42 Å². The molecule has 1 N–H and O–H groups in total. The van der Waals surface area contributed by atoms with E-state index in [2.05, 4.69) is 10.2 Å². The van der Waals surface area contributed by atoms with Gasteiger partial charge in [-0.05, 0) is 33.7 Å². The molecule has 1 aliphatic heterocycles. The van der Waals surface area contributed by atoms with Gasteiger partial charge in [-0.15, -0.1) is 0 Å². The first-order valence-corrected chi connectivity index (χ1v) is 9.43. The SMILES string of the molecule is CCNC(C)(CCN1CCS(=O)(=O)CC1C)C(=O)OCC. The van der Waals surface area contributed by atoms with Crippen molar-refractivity contribution in [2.24, 2.45) is 0 Å². The third kappa shape index (κ3) is 5.23. The van der Waals surface area contributed by atoms with Crippen LogP contribution in [-0.4, -0.2) is 68.6 Å².